The zero-order chi connectivity index (χ0) is 17.8. The van der Waals surface area contributed by atoms with E-state index in [-0.39, 0.29) is 11.4 Å². The molecule has 4 rings (SSSR count). The van der Waals surface area contributed by atoms with E-state index in [9.17, 15) is 19.3 Å². The first-order valence-corrected chi connectivity index (χ1v) is 7.72. The minimum absolute atomic E-state index is 0.0725. The van der Waals surface area contributed by atoms with Crippen molar-refractivity contribution >= 4 is 17.4 Å². The van der Waals surface area contributed by atoms with Crippen molar-refractivity contribution in [3.63, 3.8) is 0 Å². The number of nitro groups is 1. The Labute approximate surface area is 142 Å². The van der Waals surface area contributed by atoms with Gasteiger partial charge in [0.1, 0.15) is 11.6 Å². The second kappa shape index (κ2) is 5.17. The first kappa shape index (κ1) is 15.4. The Morgan fingerprint density at radius 2 is 2.12 bits per heavy atom. The highest BCUT2D eigenvalue weighted by Crippen LogP contribution is 2.46. The molecule has 0 spiro atoms. The molecule has 1 saturated heterocycles. The van der Waals surface area contributed by atoms with Crippen LogP contribution in [0.3, 0.4) is 0 Å². The lowest BCUT2D eigenvalue weighted by molar-refractivity contribution is -0.385. The van der Waals surface area contributed by atoms with Crippen molar-refractivity contribution < 1.29 is 18.8 Å². The smallest absolute Gasteiger partial charge is 0.325 e. The number of benzene rings is 2. The molecular formula is C17H14FN3O4. The van der Waals surface area contributed by atoms with Gasteiger partial charge in [0.15, 0.2) is 5.72 Å². The van der Waals surface area contributed by atoms with Gasteiger partial charge in [0.05, 0.1) is 16.7 Å². The SMILES string of the molecule is C[C@]12C[C@H](NC(=O)N1c1ccccc1F)c1cc([N+](=O)[O-])ccc1O2. The Kier molecular flexibility index (Phi) is 3.18. The zero-order valence-electron chi connectivity index (χ0n) is 13.2. The minimum atomic E-state index is -1.10. The Morgan fingerprint density at radius 1 is 1.36 bits per heavy atom. The van der Waals surface area contributed by atoms with E-state index in [0.29, 0.717) is 17.7 Å². The summed E-state index contributed by atoms with van der Waals surface area (Å²) < 4.78 is 20.2. The number of urea groups is 1. The van der Waals surface area contributed by atoms with E-state index < -0.39 is 28.5 Å². The molecule has 0 radical (unpaired) electrons. The monoisotopic (exact) mass is 343 g/mol. The lowest BCUT2D eigenvalue weighted by atomic mass is 9.90. The summed E-state index contributed by atoms with van der Waals surface area (Å²) in [5.74, 6) is -0.0962. The van der Waals surface area contributed by atoms with Crippen LogP contribution in [0.15, 0.2) is 42.5 Å². The average Bonchev–Trinajstić information content (AvgIpc) is 2.55. The van der Waals surface area contributed by atoms with Crippen molar-refractivity contribution in [3.05, 3.63) is 64.0 Å². The molecule has 2 aliphatic rings. The molecule has 0 aromatic heterocycles. The third kappa shape index (κ3) is 2.29. The minimum Gasteiger partial charge on any atom is -0.467 e. The molecule has 7 nitrogen and oxygen atoms in total. The van der Waals surface area contributed by atoms with Crippen molar-refractivity contribution in [1.82, 2.24) is 5.32 Å². The summed E-state index contributed by atoms with van der Waals surface area (Å²) in [7, 11) is 0. The van der Waals surface area contributed by atoms with Gasteiger partial charge < -0.3 is 10.1 Å². The van der Waals surface area contributed by atoms with Gasteiger partial charge in [-0.15, -0.1) is 0 Å². The van der Waals surface area contributed by atoms with Crippen molar-refractivity contribution in [2.24, 2.45) is 0 Å². The van der Waals surface area contributed by atoms with E-state index in [4.69, 9.17) is 4.74 Å². The van der Waals surface area contributed by atoms with Crippen LogP contribution in [0.25, 0.3) is 0 Å². The van der Waals surface area contributed by atoms with Crippen LogP contribution in [0.4, 0.5) is 20.6 Å². The highest BCUT2D eigenvalue weighted by molar-refractivity contribution is 5.95. The number of hydrogen-bond acceptors (Lipinski definition) is 4. The van der Waals surface area contributed by atoms with Crippen LogP contribution in [-0.2, 0) is 0 Å². The largest absolute Gasteiger partial charge is 0.467 e. The van der Waals surface area contributed by atoms with E-state index in [1.165, 1.54) is 35.2 Å². The van der Waals surface area contributed by atoms with Crippen LogP contribution in [-0.4, -0.2) is 16.7 Å². The van der Waals surface area contributed by atoms with Crippen LogP contribution >= 0.6 is 0 Å². The fourth-order valence-corrected chi connectivity index (χ4v) is 3.47. The molecule has 1 fully saturated rings. The molecule has 0 aliphatic carbocycles. The average molecular weight is 343 g/mol. The van der Waals surface area contributed by atoms with Crippen LogP contribution in [0, 0.1) is 15.9 Å². The van der Waals surface area contributed by atoms with Crippen molar-refractivity contribution in [1.29, 1.82) is 0 Å². The molecule has 0 saturated carbocycles. The highest BCUT2D eigenvalue weighted by Gasteiger charge is 2.50. The number of carbonyl (C=O) groups excluding carboxylic acids is 1. The molecule has 0 unspecified atom stereocenters. The lowest BCUT2D eigenvalue weighted by Gasteiger charge is -2.50. The maximum atomic E-state index is 14.2. The van der Waals surface area contributed by atoms with Gasteiger partial charge in [-0.25, -0.2) is 9.18 Å². The number of para-hydroxylation sites is 1. The summed E-state index contributed by atoms with van der Waals surface area (Å²) in [4.78, 5) is 24.4. The van der Waals surface area contributed by atoms with Gasteiger partial charge >= 0.3 is 6.03 Å². The Hall–Kier alpha value is -3.16. The zero-order valence-corrected chi connectivity index (χ0v) is 13.2. The van der Waals surface area contributed by atoms with Crippen molar-refractivity contribution in [2.75, 3.05) is 4.90 Å². The van der Waals surface area contributed by atoms with Gasteiger partial charge in [0, 0.05) is 24.1 Å². The summed E-state index contributed by atoms with van der Waals surface area (Å²) >= 11 is 0. The Balaban J connectivity index is 1.80. The van der Waals surface area contributed by atoms with Crippen molar-refractivity contribution in [3.8, 4) is 5.75 Å². The number of fused-ring (bicyclic) bond motifs is 4. The van der Waals surface area contributed by atoms with Crippen LogP contribution in [0.1, 0.15) is 24.9 Å². The number of anilines is 1. The molecule has 128 valence electrons. The fraction of sp³-hybridized carbons (Fsp3) is 0.235. The number of nitro benzene ring substituents is 1. The van der Waals surface area contributed by atoms with E-state index in [2.05, 4.69) is 5.32 Å². The number of rotatable bonds is 2. The van der Waals surface area contributed by atoms with E-state index in [1.807, 2.05) is 0 Å². The molecule has 2 aliphatic heterocycles. The van der Waals surface area contributed by atoms with Crippen LogP contribution in [0.5, 0.6) is 5.75 Å². The normalized spacial score (nSPS) is 24.2. The number of nitrogens with zero attached hydrogens (tertiary/aromatic N) is 2. The first-order chi connectivity index (χ1) is 11.9. The third-order valence-corrected chi connectivity index (χ3v) is 4.56. The number of hydrogen-bond donors (Lipinski definition) is 1. The fourth-order valence-electron chi connectivity index (χ4n) is 3.47. The molecule has 2 aromatic carbocycles. The quantitative estimate of drug-likeness (QED) is 0.668. The summed E-state index contributed by atoms with van der Waals surface area (Å²) in [5.41, 5.74) is -0.505. The number of nitrogens with one attached hydrogen (secondary N) is 1. The molecular weight excluding hydrogens is 329 g/mol. The maximum absolute atomic E-state index is 14.2. The van der Waals surface area contributed by atoms with E-state index in [1.54, 1.807) is 19.1 Å². The molecule has 2 heterocycles. The Morgan fingerprint density at radius 3 is 2.84 bits per heavy atom. The number of halogens is 1. The molecule has 2 amide bonds. The topological polar surface area (TPSA) is 84.7 Å². The van der Waals surface area contributed by atoms with Gasteiger partial charge in [0.25, 0.3) is 5.69 Å². The summed E-state index contributed by atoms with van der Waals surface area (Å²) in [6.07, 6.45) is 0.335. The summed E-state index contributed by atoms with van der Waals surface area (Å²) in [6.45, 7) is 1.70. The van der Waals surface area contributed by atoms with Gasteiger partial charge in [-0.2, -0.15) is 0 Å². The number of amides is 2. The van der Waals surface area contributed by atoms with E-state index in [0.717, 1.165) is 0 Å². The molecule has 25 heavy (non-hydrogen) atoms. The maximum Gasteiger partial charge on any atom is 0.325 e. The third-order valence-electron chi connectivity index (χ3n) is 4.56. The van der Waals surface area contributed by atoms with Gasteiger partial charge in [-0.1, -0.05) is 12.1 Å². The van der Waals surface area contributed by atoms with E-state index >= 15 is 0 Å². The predicted octanol–water partition coefficient (Wildman–Crippen LogP) is 3.50. The highest BCUT2D eigenvalue weighted by atomic mass is 19.1. The molecule has 2 atom stereocenters. The second-order valence-corrected chi connectivity index (χ2v) is 6.25. The van der Waals surface area contributed by atoms with Gasteiger partial charge in [0.2, 0.25) is 0 Å². The summed E-state index contributed by atoms with van der Waals surface area (Å²) in [5, 5.41) is 13.8. The lowest BCUT2D eigenvalue weighted by Crippen LogP contribution is -2.65. The summed E-state index contributed by atoms with van der Waals surface area (Å²) in [6, 6.07) is 9.27. The molecule has 2 aromatic rings. The predicted molar refractivity (Wildman–Crippen MR) is 86.9 cm³/mol. The van der Waals surface area contributed by atoms with Gasteiger partial charge in [-0.05, 0) is 25.1 Å². The number of non-ortho nitro benzene ring substituents is 1. The molecule has 1 N–H and O–H groups in total. The number of carbonyl (C=O) groups is 1. The standard InChI is InChI=1S/C17H14FN3O4/c1-17-9-13(11-8-10(21(23)24)6-7-15(11)25-17)19-16(22)20(17)14-5-3-2-4-12(14)18/h2-8,13H,9H2,1H3,(H,19,22)/t13-,17-/m0/s1. The number of ether oxygens (including phenoxy) is 1. The van der Waals surface area contributed by atoms with Crippen molar-refractivity contribution in [2.45, 2.75) is 25.1 Å². The second-order valence-electron chi connectivity index (χ2n) is 6.25. The molecule has 2 bridgehead atoms. The van der Waals surface area contributed by atoms with Crippen LogP contribution in [0.2, 0.25) is 0 Å². The van der Waals surface area contributed by atoms with Gasteiger partial charge in [-0.3, -0.25) is 15.0 Å². The van der Waals surface area contributed by atoms with Crippen LogP contribution < -0.4 is 15.0 Å². The Bertz CT molecular complexity index is 903. The first-order valence-electron chi connectivity index (χ1n) is 7.72. The molecule has 8 heteroatoms.